The molecule has 53 heavy (non-hydrogen) atoms. The number of carbonyl (C=O) groups is 3. The van der Waals surface area contributed by atoms with Crippen LogP contribution in [-0.4, -0.2) is 78.7 Å². The summed E-state index contributed by atoms with van der Waals surface area (Å²) in [6.07, 6.45) is 7.50. The number of piperidine rings is 2. The minimum Gasteiger partial charge on any atom is -0.457 e. The molecule has 8 rings (SSSR count). The number of amides is 3. The zero-order valence-corrected chi connectivity index (χ0v) is 30.3. The first-order valence-electron chi connectivity index (χ1n) is 18.4. The monoisotopic (exact) mass is 730 g/mol. The van der Waals surface area contributed by atoms with Crippen LogP contribution in [0.15, 0.2) is 84.0 Å². The van der Waals surface area contributed by atoms with E-state index in [-0.39, 0.29) is 30.2 Å². The fraction of sp³-hybridized carbons (Fsp3) is 0.350. The van der Waals surface area contributed by atoms with Crippen molar-refractivity contribution in [3.63, 3.8) is 0 Å². The Labute approximate surface area is 312 Å². The van der Waals surface area contributed by atoms with E-state index in [9.17, 15) is 14.4 Å². The molecule has 0 bridgehead atoms. The van der Waals surface area contributed by atoms with Crippen LogP contribution in [0.5, 0.6) is 11.5 Å². The third-order valence-corrected chi connectivity index (χ3v) is 11.6. The zero-order chi connectivity index (χ0) is 36.3. The summed E-state index contributed by atoms with van der Waals surface area (Å²) in [6, 6.07) is 23.0. The van der Waals surface area contributed by atoms with Gasteiger partial charge in [-0.3, -0.25) is 19.7 Å². The van der Waals surface area contributed by atoms with Gasteiger partial charge in [0.15, 0.2) is 5.65 Å². The van der Waals surface area contributed by atoms with E-state index >= 15 is 0 Å². The predicted octanol–water partition coefficient (Wildman–Crippen LogP) is 6.23. The molecule has 272 valence electrons. The molecule has 2 saturated heterocycles. The molecule has 12 nitrogen and oxygen atoms in total. The number of ether oxygens (including phenoxy) is 1. The second-order valence-corrected chi connectivity index (χ2v) is 15.0. The molecule has 3 amide bonds. The van der Waals surface area contributed by atoms with Gasteiger partial charge in [0.05, 0.1) is 11.4 Å². The smallest absolute Gasteiger partial charge is 0.255 e. The Kier molecular flexibility index (Phi) is 10.1. The number of carbonyl (C=O) groups excluding carboxylic acids is 3. The minimum absolute atomic E-state index is 0.129. The Morgan fingerprint density at radius 1 is 0.906 bits per heavy atom. The average Bonchev–Trinajstić information content (AvgIpc) is 3.73. The SMILES string of the molecule is Nc1ncnc2c1c(-c1ccc(Oc3ccccc3)cc1)nn2[C@@H]1CCCN(CCCCCSc2cccc3c2CN(C2CCC(=O)NC2=O)C3=O)C1. The second kappa shape index (κ2) is 15.4. The highest BCUT2D eigenvalue weighted by atomic mass is 32.2. The lowest BCUT2D eigenvalue weighted by atomic mass is 10.0. The summed E-state index contributed by atoms with van der Waals surface area (Å²) < 4.78 is 8.06. The zero-order valence-electron chi connectivity index (χ0n) is 29.4. The number of benzene rings is 3. The lowest BCUT2D eigenvalue weighted by molar-refractivity contribution is -0.136. The van der Waals surface area contributed by atoms with Crippen molar-refractivity contribution < 1.29 is 19.1 Å². The van der Waals surface area contributed by atoms with E-state index in [1.54, 1.807) is 16.7 Å². The molecule has 0 radical (unpaired) electrons. The van der Waals surface area contributed by atoms with Gasteiger partial charge in [0.25, 0.3) is 5.91 Å². The van der Waals surface area contributed by atoms with Gasteiger partial charge in [-0.2, -0.15) is 5.10 Å². The maximum atomic E-state index is 13.2. The third-order valence-electron chi connectivity index (χ3n) is 10.4. The number of unbranched alkanes of at least 4 members (excludes halogenated alkanes) is 2. The number of nitrogen functional groups attached to an aromatic ring is 1. The number of anilines is 1. The summed E-state index contributed by atoms with van der Waals surface area (Å²) in [4.78, 5) is 51.5. The Hall–Kier alpha value is -5.27. The van der Waals surface area contributed by atoms with E-state index in [0.29, 0.717) is 24.3 Å². The molecule has 2 atom stereocenters. The number of para-hydroxylation sites is 1. The van der Waals surface area contributed by atoms with Crippen molar-refractivity contribution in [3.05, 3.63) is 90.3 Å². The molecule has 5 heterocycles. The van der Waals surface area contributed by atoms with Crippen molar-refractivity contribution in [2.75, 3.05) is 31.1 Å². The molecule has 2 fully saturated rings. The fourth-order valence-electron chi connectivity index (χ4n) is 7.68. The molecule has 5 aromatic rings. The van der Waals surface area contributed by atoms with Crippen LogP contribution in [0, 0.1) is 0 Å². The van der Waals surface area contributed by atoms with Gasteiger partial charge >= 0.3 is 0 Å². The van der Waals surface area contributed by atoms with Crippen molar-refractivity contribution in [1.82, 2.24) is 34.9 Å². The average molecular weight is 731 g/mol. The van der Waals surface area contributed by atoms with Gasteiger partial charge in [0, 0.05) is 35.5 Å². The largest absolute Gasteiger partial charge is 0.457 e. The Balaban J connectivity index is 0.853. The van der Waals surface area contributed by atoms with Gasteiger partial charge in [0.2, 0.25) is 11.8 Å². The highest BCUT2D eigenvalue weighted by Gasteiger charge is 2.39. The molecule has 1 unspecified atom stereocenters. The number of hydrogen-bond acceptors (Lipinski definition) is 10. The molecule has 13 heteroatoms. The van der Waals surface area contributed by atoms with Crippen molar-refractivity contribution in [2.24, 2.45) is 0 Å². The van der Waals surface area contributed by atoms with Gasteiger partial charge in [-0.15, -0.1) is 11.8 Å². The molecule has 3 aromatic carbocycles. The van der Waals surface area contributed by atoms with E-state index in [0.717, 1.165) is 102 Å². The Morgan fingerprint density at radius 2 is 1.74 bits per heavy atom. The molecule has 0 spiro atoms. The fourth-order valence-corrected chi connectivity index (χ4v) is 8.77. The number of nitrogens with two attached hydrogens (primary N) is 1. The van der Waals surface area contributed by atoms with Gasteiger partial charge in [-0.25, -0.2) is 14.6 Å². The van der Waals surface area contributed by atoms with Crippen LogP contribution in [0.4, 0.5) is 5.82 Å². The van der Waals surface area contributed by atoms with Crippen molar-refractivity contribution in [2.45, 2.75) is 68.5 Å². The molecule has 0 saturated carbocycles. The number of fused-ring (bicyclic) bond motifs is 2. The summed E-state index contributed by atoms with van der Waals surface area (Å²) in [5.74, 6) is 2.11. The first-order chi connectivity index (χ1) is 25.9. The molecular formula is C40H42N8O4S. The van der Waals surface area contributed by atoms with Crippen LogP contribution in [0.1, 0.15) is 66.9 Å². The quantitative estimate of drug-likeness (QED) is 0.0860. The number of aromatic nitrogens is 4. The second-order valence-electron chi connectivity index (χ2n) is 13.9. The van der Waals surface area contributed by atoms with Crippen molar-refractivity contribution in [1.29, 1.82) is 0 Å². The van der Waals surface area contributed by atoms with Gasteiger partial charge in [-0.05, 0) is 105 Å². The maximum absolute atomic E-state index is 13.2. The van der Waals surface area contributed by atoms with E-state index in [2.05, 4.69) is 30.9 Å². The van der Waals surface area contributed by atoms with E-state index in [1.165, 1.54) is 6.33 Å². The van der Waals surface area contributed by atoms with E-state index < -0.39 is 6.04 Å². The highest BCUT2D eigenvalue weighted by Crippen LogP contribution is 2.36. The Morgan fingerprint density at radius 3 is 2.57 bits per heavy atom. The molecule has 3 N–H and O–H groups in total. The minimum atomic E-state index is -0.599. The topological polar surface area (TPSA) is 149 Å². The van der Waals surface area contributed by atoms with Crippen LogP contribution in [-0.2, 0) is 16.1 Å². The summed E-state index contributed by atoms with van der Waals surface area (Å²) in [6.45, 7) is 3.38. The third kappa shape index (κ3) is 7.36. The number of hydrogen-bond donors (Lipinski definition) is 2. The number of nitrogens with zero attached hydrogens (tertiary/aromatic N) is 6. The van der Waals surface area contributed by atoms with Gasteiger partial charge in [-0.1, -0.05) is 30.7 Å². The number of nitrogens with one attached hydrogen (secondary N) is 1. The highest BCUT2D eigenvalue weighted by molar-refractivity contribution is 7.99. The summed E-state index contributed by atoms with van der Waals surface area (Å²) >= 11 is 1.78. The lowest BCUT2D eigenvalue weighted by Crippen LogP contribution is -2.52. The number of thioether (sulfide) groups is 1. The number of likely N-dealkylation sites (tertiary alicyclic amines) is 1. The Bertz CT molecular complexity index is 2140. The molecular weight excluding hydrogens is 689 g/mol. The molecule has 0 aliphatic carbocycles. The summed E-state index contributed by atoms with van der Waals surface area (Å²) in [5.41, 5.74) is 10.6. The molecule has 3 aliphatic rings. The molecule has 2 aromatic heterocycles. The normalized spacial score (nSPS) is 19.1. The lowest BCUT2D eigenvalue weighted by Gasteiger charge is -2.33. The first kappa shape index (κ1) is 34.8. The van der Waals surface area contributed by atoms with Crippen LogP contribution in [0.25, 0.3) is 22.3 Å². The predicted molar refractivity (Wildman–Crippen MR) is 203 cm³/mol. The molecule has 3 aliphatic heterocycles. The first-order valence-corrected chi connectivity index (χ1v) is 19.4. The van der Waals surface area contributed by atoms with E-state index in [4.69, 9.17) is 15.6 Å². The van der Waals surface area contributed by atoms with Crippen LogP contribution >= 0.6 is 11.8 Å². The van der Waals surface area contributed by atoms with E-state index in [1.807, 2.05) is 66.7 Å². The number of imide groups is 1. The number of rotatable bonds is 12. The van der Waals surface area contributed by atoms with Gasteiger partial charge < -0.3 is 20.3 Å². The van der Waals surface area contributed by atoms with Crippen molar-refractivity contribution >= 4 is 46.3 Å². The van der Waals surface area contributed by atoms with Gasteiger partial charge in [0.1, 0.15) is 35.4 Å². The van der Waals surface area contributed by atoms with Crippen LogP contribution < -0.4 is 15.8 Å². The van der Waals surface area contributed by atoms with Crippen LogP contribution in [0.2, 0.25) is 0 Å². The van der Waals surface area contributed by atoms with Crippen LogP contribution in [0.3, 0.4) is 0 Å². The summed E-state index contributed by atoms with van der Waals surface area (Å²) in [7, 11) is 0. The summed E-state index contributed by atoms with van der Waals surface area (Å²) in [5, 5.41) is 8.27. The maximum Gasteiger partial charge on any atom is 0.255 e. The standard InChI is InChI=1S/C40H42N8O4S/c41-37-35-36(26-14-16-29(17-15-26)52-28-10-3-1-4-11-28)45-48(38(35)43-25-42-37)27-9-8-21-46(23-27)20-5-2-6-22-53-33-13-7-12-30-31(33)24-47(40(30)51)32-18-19-34(49)44-39(32)50/h1,3-4,7,10-17,25,27,32H,2,5-6,8-9,18-24H2,(H2,41,42,43)(H,44,49,50)/t27-,32?/m1/s1. The van der Waals surface area contributed by atoms with Crippen molar-refractivity contribution in [3.8, 4) is 22.8 Å².